The Balaban J connectivity index is 1.81. The molecule has 0 unspecified atom stereocenters. The van der Waals surface area contributed by atoms with E-state index in [1.807, 2.05) is 6.07 Å². The zero-order chi connectivity index (χ0) is 13.7. The molecule has 1 fully saturated rings. The molecule has 1 aromatic carbocycles. The van der Waals surface area contributed by atoms with Gasteiger partial charge in [-0.2, -0.15) is 0 Å². The lowest BCUT2D eigenvalue weighted by atomic mass is 10.0. The smallest absolute Gasteiger partial charge is 0.263 e. The van der Waals surface area contributed by atoms with Crippen molar-refractivity contribution < 1.29 is 8.78 Å². The quantitative estimate of drug-likeness (QED) is 0.882. The average Bonchev–Trinajstić information content (AvgIpc) is 2.46. The van der Waals surface area contributed by atoms with Crippen molar-refractivity contribution >= 4 is 0 Å². The molecule has 2 nitrogen and oxygen atoms in total. The highest BCUT2D eigenvalue weighted by Crippen LogP contribution is 2.19. The van der Waals surface area contributed by atoms with Crippen LogP contribution in [0.2, 0.25) is 0 Å². The van der Waals surface area contributed by atoms with Gasteiger partial charge in [-0.15, -0.1) is 0 Å². The Kier molecular flexibility index (Phi) is 5.28. The van der Waals surface area contributed by atoms with Crippen molar-refractivity contribution in [1.82, 2.24) is 10.2 Å². The third-order valence-electron chi connectivity index (χ3n) is 3.83. The van der Waals surface area contributed by atoms with Gasteiger partial charge in [-0.05, 0) is 44.1 Å². The SMILES string of the molecule is CCN1CCC(NCc2cccc(C(F)F)c2)CC1. The molecule has 1 N–H and O–H groups in total. The lowest BCUT2D eigenvalue weighted by molar-refractivity contribution is 0.151. The first-order valence-corrected chi connectivity index (χ1v) is 7.01. The monoisotopic (exact) mass is 268 g/mol. The zero-order valence-electron chi connectivity index (χ0n) is 11.4. The minimum atomic E-state index is -2.38. The summed E-state index contributed by atoms with van der Waals surface area (Å²) in [6.45, 7) is 6.24. The van der Waals surface area contributed by atoms with Gasteiger partial charge in [0.05, 0.1) is 0 Å². The summed E-state index contributed by atoms with van der Waals surface area (Å²) < 4.78 is 25.2. The Morgan fingerprint density at radius 3 is 2.68 bits per heavy atom. The Bertz CT molecular complexity index is 387. The fourth-order valence-electron chi connectivity index (χ4n) is 2.55. The van der Waals surface area contributed by atoms with Crippen LogP contribution in [0.25, 0.3) is 0 Å². The number of likely N-dealkylation sites (tertiary alicyclic amines) is 1. The molecule has 4 heteroatoms. The maximum atomic E-state index is 12.6. The topological polar surface area (TPSA) is 15.3 Å². The van der Waals surface area contributed by atoms with Crippen LogP contribution in [-0.4, -0.2) is 30.6 Å². The molecule has 1 aliphatic rings. The van der Waals surface area contributed by atoms with Crippen LogP contribution in [0.3, 0.4) is 0 Å². The number of benzene rings is 1. The number of rotatable bonds is 5. The number of hydrogen-bond acceptors (Lipinski definition) is 2. The van der Waals surface area contributed by atoms with Crippen molar-refractivity contribution in [2.45, 2.75) is 38.8 Å². The first-order chi connectivity index (χ1) is 9.19. The molecule has 0 aromatic heterocycles. The molecule has 0 amide bonds. The van der Waals surface area contributed by atoms with E-state index in [1.165, 1.54) is 6.07 Å². The van der Waals surface area contributed by atoms with E-state index in [9.17, 15) is 8.78 Å². The van der Waals surface area contributed by atoms with Crippen molar-refractivity contribution in [2.75, 3.05) is 19.6 Å². The van der Waals surface area contributed by atoms with E-state index in [0.29, 0.717) is 12.6 Å². The van der Waals surface area contributed by atoms with Crippen molar-refractivity contribution in [3.05, 3.63) is 35.4 Å². The Morgan fingerprint density at radius 2 is 2.05 bits per heavy atom. The molecule has 0 spiro atoms. The lowest BCUT2D eigenvalue weighted by Crippen LogP contribution is -2.42. The van der Waals surface area contributed by atoms with Crippen LogP contribution in [0, 0.1) is 0 Å². The van der Waals surface area contributed by atoms with Gasteiger partial charge in [0.15, 0.2) is 0 Å². The largest absolute Gasteiger partial charge is 0.310 e. The number of halogens is 2. The summed E-state index contributed by atoms with van der Waals surface area (Å²) in [7, 11) is 0. The fourth-order valence-corrected chi connectivity index (χ4v) is 2.55. The van der Waals surface area contributed by atoms with E-state index in [4.69, 9.17) is 0 Å². The molecule has 1 heterocycles. The third kappa shape index (κ3) is 4.25. The highest BCUT2D eigenvalue weighted by Gasteiger charge is 2.17. The molecular weight excluding hydrogens is 246 g/mol. The molecule has 0 radical (unpaired) electrons. The van der Waals surface area contributed by atoms with Crippen molar-refractivity contribution in [3.63, 3.8) is 0 Å². The standard InChI is InChI=1S/C15H22F2N2/c1-2-19-8-6-14(7-9-19)18-11-12-4-3-5-13(10-12)15(16)17/h3-5,10,14-15,18H,2,6-9,11H2,1H3. The first-order valence-electron chi connectivity index (χ1n) is 7.01. The van der Waals surface area contributed by atoms with Gasteiger partial charge < -0.3 is 10.2 Å². The molecule has 19 heavy (non-hydrogen) atoms. The molecule has 0 atom stereocenters. The highest BCUT2D eigenvalue weighted by molar-refractivity contribution is 5.24. The summed E-state index contributed by atoms with van der Waals surface area (Å²) in [5.41, 5.74) is 1.05. The number of nitrogens with zero attached hydrogens (tertiary/aromatic N) is 1. The minimum absolute atomic E-state index is 0.111. The fraction of sp³-hybridized carbons (Fsp3) is 0.600. The molecule has 1 aromatic rings. The average molecular weight is 268 g/mol. The van der Waals surface area contributed by atoms with Crippen molar-refractivity contribution in [1.29, 1.82) is 0 Å². The van der Waals surface area contributed by atoms with Gasteiger partial charge >= 0.3 is 0 Å². The normalized spacial score (nSPS) is 18.1. The summed E-state index contributed by atoms with van der Waals surface area (Å²) in [6.07, 6.45) is -0.0992. The molecule has 1 saturated heterocycles. The van der Waals surface area contributed by atoms with Gasteiger partial charge in [0, 0.05) is 18.2 Å². The second-order valence-corrected chi connectivity index (χ2v) is 5.14. The van der Waals surface area contributed by atoms with Crippen LogP contribution in [-0.2, 0) is 6.54 Å². The van der Waals surface area contributed by atoms with Gasteiger partial charge in [0.2, 0.25) is 0 Å². The summed E-state index contributed by atoms with van der Waals surface area (Å²) in [5, 5.41) is 3.48. The van der Waals surface area contributed by atoms with Gasteiger partial charge in [-0.3, -0.25) is 0 Å². The third-order valence-corrected chi connectivity index (χ3v) is 3.83. The van der Waals surface area contributed by atoms with E-state index < -0.39 is 6.43 Å². The number of alkyl halides is 2. The first kappa shape index (κ1) is 14.4. The highest BCUT2D eigenvalue weighted by atomic mass is 19.3. The second-order valence-electron chi connectivity index (χ2n) is 5.14. The van der Waals surface area contributed by atoms with Crippen LogP contribution in [0.5, 0.6) is 0 Å². The molecule has 1 aliphatic heterocycles. The van der Waals surface area contributed by atoms with Crippen molar-refractivity contribution in [3.8, 4) is 0 Å². The van der Waals surface area contributed by atoms with E-state index in [-0.39, 0.29) is 5.56 Å². The van der Waals surface area contributed by atoms with Gasteiger partial charge in [-0.25, -0.2) is 8.78 Å². The van der Waals surface area contributed by atoms with Crippen LogP contribution < -0.4 is 5.32 Å². The molecular formula is C15H22F2N2. The van der Waals surface area contributed by atoms with Gasteiger partial charge in [-0.1, -0.05) is 25.1 Å². The minimum Gasteiger partial charge on any atom is -0.310 e. The molecule has 0 bridgehead atoms. The van der Waals surface area contributed by atoms with Crippen LogP contribution in [0.15, 0.2) is 24.3 Å². The number of nitrogens with one attached hydrogen (secondary N) is 1. The number of piperidine rings is 1. The maximum absolute atomic E-state index is 12.6. The van der Waals surface area contributed by atoms with Crippen LogP contribution in [0.1, 0.15) is 37.3 Å². The summed E-state index contributed by atoms with van der Waals surface area (Å²) >= 11 is 0. The Morgan fingerprint density at radius 1 is 1.32 bits per heavy atom. The number of hydrogen-bond donors (Lipinski definition) is 1. The predicted octanol–water partition coefficient (Wildman–Crippen LogP) is 3.20. The van der Waals surface area contributed by atoms with E-state index >= 15 is 0 Å². The van der Waals surface area contributed by atoms with Crippen LogP contribution in [0.4, 0.5) is 8.78 Å². The summed E-state index contributed by atoms with van der Waals surface area (Å²) in [4.78, 5) is 2.44. The van der Waals surface area contributed by atoms with E-state index in [0.717, 1.165) is 38.0 Å². The maximum Gasteiger partial charge on any atom is 0.263 e. The van der Waals surface area contributed by atoms with Gasteiger partial charge in [0.1, 0.15) is 0 Å². The summed E-state index contributed by atoms with van der Waals surface area (Å²) in [5.74, 6) is 0. The van der Waals surface area contributed by atoms with Gasteiger partial charge in [0.25, 0.3) is 6.43 Å². The zero-order valence-corrected chi connectivity index (χ0v) is 11.4. The molecule has 2 rings (SSSR count). The second kappa shape index (κ2) is 6.96. The molecule has 0 aliphatic carbocycles. The van der Waals surface area contributed by atoms with E-state index in [1.54, 1.807) is 12.1 Å². The van der Waals surface area contributed by atoms with Crippen molar-refractivity contribution in [2.24, 2.45) is 0 Å². The van der Waals surface area contributed by atoms with Crippen LogP contribution >= 0.6 is 0 Å². The Hall–Kier alpha value is -1.00. The van der Waals surface area contributed by atoms with E-state index in [2.05, 4.69) is 17.1 Å². The molecule has 0 saturated carbocycles. The molecule has 106 valence electrons. The predicted molar refractivity (Wildman–Crippen MR) is 73.4 cm³/mol. The summed E-state index contributed by atoms with van der Waals surface area (Å²) in [6, 6.07) is 7.20. The Labute approximate surface area is 113 Å². The lowest BCUT2D eigenvalue weighted by Gasteiger charge is -2.31.